The number of methoxy groups -OCH3 is 1. The lowest BCUT2D eigenvalue weighted by atomic mass is 10.0. The molecule has 2 aromatic carbocycles. The molecule has 0 radical (unpaired) electrons. The number of carbonyl (C=O) groups excluding carboxylic acids is 3. The van der Waals surface area contributed by atoms with Crippen molar-refractivity contribution in [3.63, 3.8) is 0 Å². The van der Waals surface area contributed by atoms with E-state index in [1.807, 2.05) is 30.3 Å². The van der Waals surface area contributed by atoms with Crippen LogP contribution >= 0.6 is 0 Å². The van der Waals surface area contributed by atoms with Crippen LogP contribution in [0.1, 0.15) is 33.2 Å². The number of imide groups is 1. The number of rotatable bonds is 4. The van der Waals surface area contributed by atoms with E-state index in [0.29, 0.717) is 16.7 Å². The molecule has 3 rings (SSSR count). The van der Waals surface area contributed by atoms with E-state index in [4.69, 9.17) is 4.74 Å². The molecular weight excluding hydrogens is 318 g/mol. The third kappa shape index (κ3) is 2.96. The Labute approximate surface area is 145 Å². The lowest BCUT2D eigenvalue weighted by molar-refractivity contribution is -0.143. The normalized spacial score (nSPS) is 15.1. The Morgan fingerprint density at radius 1 is 0.960 bits per heavy atom. The fraction of sp³-hybridized carbons (Fsp3) is 0.150. The van der Waals surface area contributed by atoms with E-state index < -0.39 is 23.8 Å². The maximum absolute atomic E-state index is 12.7. The minimum Gasteiger partial charge on any atom is -0.467 e. The molecule has 1 aliphatic heterocycles. The maximum atomic E-state index is 12.7. The van der Waals surface area contributed by atoms with E-state index in [9.17, 15) is 14.4 Å². The molecule has 1 atom stereocenters. The summed E-state index contributed by atoms with van der Waals surface area (Å²) in [6.07, 6.45) is 1.77. The highest BCUT2D eigenvalue weighted by molar-refractivity contribution is 6.23. The van der Waals surface area contributed by atoms with Crippen LogP contribution in [0.4, 0.5) is 0 Å². The number of nitrogens with zero attached hydrogens (tertiary/aromatic N) is 1. The fourth-order valence-electron chi connectivity index (χ4n) is 2.94. The molecule has 5 nitrogen and oxygen atoms in total. The zero-order valence-corrected chi connectivity index (χ0v) is 13.9. The van der Waals surface area contributed by atoms with Gasteiger partial charge in [-0.2, -0.15) is 0 Å². The van der Waals surface area contributed by atoms with E-state index >= 15 is 0 Å². The van der Waals surface area contributed by atoms with Crippen LogP contribution in [0.5, 0.6) is 0 Å². The van der Waals surface area contributed by atoms with Gasteiger partial charge in [-0.3, -0.25) is 14.5 Å². The molecule has 0 saturated carbocycles. The van der Waals surface area contributed by atoms with E-state index in [2.05, 4.69) is 0 Å². The number of benzene rings is 2. The monoisotopic (exact) mass is 335 g/mol. The van der Waals surface area contributed by atoms with Gasteiger partial charge in [0.25, 0.3) is 11.8 Å². The molecule has 0 bridgehead atoms. The lowest BCUT2D eigenvalue weighted by Crippen LogP contribution is -2.46. The predicted octanol–water partition coefficient (Wildman–Crippen LogP) is 2.93. The average molecular weight is 335 g/mol. The zero-order valence-electron chi connectivity index (χ0n) is 13.9. The molecule has 2 amide bonds. The number of ether oxygens (including phenoxy) is 1. The molecule has 0 unspecified atom stereocenters. The van der Waals surface area contributed by atoms with Crippen LogP contribution < -0.4 is 0 Å². The molecular formula is C20H17NO4. The number of esters is 1. The molecule has 0 aliphatic carbocycles. The van der Waals surface area contributed by atoms with Gasteiger partial charge in [-0.05, 0) is 30.2 Å². The maximum Gasteiger partial charge on any atom is 0.333 e. The second-order valence-corrected chi connectivity index (χ2v) is 5.75. The second kappa shape index (κ2) is 6.73. The number of carbonyl (C=O) groups is 3. The van der Waals surface area contributed by atoms with Crippen molar-refractivity contribution in [3.8, 4) is 0 Å². The summed E-state index contributed by atoms with van der Waals surface area (Å²) in [7, 11) is 1.24. The summed E-state index contributed by atoms with van der Waals surface area (Å²) in [6.45, 7) is 1.71. The van der Waals surface area contributed by atoms with Gasteiger partial charge >= 0.3 is 5.97 Å². The third-order valence-electron chi connectivity index (χ3n) is 4.13. The van der Waals surface area contributed by atoms with Crippen molar-refractivity contribution >= 4 is 23.9 Å². The topological polar surface area (TPSA) is 63.7 Å². The summed E-state index contributed by atoms with van der Waals surface area (Å²) in [6, 6.07) is 14.8. The van der Waals surface area contributed by atoms with E-state index in [1.165, 1.54) is 7.11 Å². The Bertz CT molecular complexity index is 835. The number of hydrogen-bond acceptors (Lipinski definition) is 4. The van der Waals surface area contributed by atoms with E-state index in [-0.39, 0.29) is 0 Å². The SMILES string of the molecule is COC(=O)[C@@H](/C(C)=C/c1ccccc1)N1C(=O)c2ccccc2C1=O. The standard InChI is InChI=1S/C20H17NO4/c1-13(12-14-8-4-3-5-9-14)17(20(24)25-2)21-18(22)15-10-6-7-11-16(15)19(21)23/h3-12,17H,1-2H3/b13-12+/t17-/m1/s1. The quantitative estimate of drug-likeness (QED) is 0.636. The molecule has 25 heavy (non-hydrogen) atoms. The van der Waals surface area contributed by atoms with Gasteiger partial charge in [-0.15, -0.1) is 0 Å². The van der Waals surface area contributed by atoms with Crippen LogP contribution in [0, 0.1) is 0 Å². The van der Waals surface area contributed by atoms with Crippen LogP contribution in [0.25, 0.3) is 6.08 Å². The van der Waals surface area contributed by atoms with Crippen LogP contribution in [0.3, 0.4) is 0 Å². The summed E-state index contributed by atoms with van der Waals surface area (Å²) < 4.78 is 4.85. The number of hydrogen-bond donors (Lipinski definition) is 0. The van der Waals surface area contributed by atoms with E-state index in [0.717, 1.165) is 10.5 Å². The summed E-state index contributed by atoms with van der Waals surface area (Å²) in [5.74, 6) is -1.63. The molecule has 0 N–H and O–H groups in total. The van der Waals surface area contributed by atoms with Crippen molar-refractivity contribution in [1.82, 2.24) is 4.90 Å². The number of fused-ring (bicyclic) bond motifs is 1. The van der Waals surface area contributed by atoms with Gasteiger partial charge < -0.3 is 4.74 Å². The highest BCUT2D eigenvalue weighted by atomic mass is 16.5. The molecule has 1 aliphatic rings. The smallest absolute Gasteiger partial charge is 0.333 e. The molecule has 0 spiro atoms. The first-order valence-electron chi connectivity index (χ1n) is 7.82. The van der Waals surface area contributed by atoms with Gasteiger partial charge in [-0.25, -0.2) is 4.79 Å². The van der Waals surface area contributed by atoms with Crippen molar-refractivity contribution in [2.45, 2.75) is 13.0 Å². The summed E-state index contributed by atoms with van der Waals surface area (Å²) in [5.41, 5.74) is 2.01. The average Bonchev–Trinajstić information content (AvgIpc) is 2.88. The summed E-state index contributed by atoms with van der Waals surface area (Å²) >= 11 is 0. The zero-order chi connectivity index (χ0) is 18.0. The molecule has 5 heteroatoms. The highest BCUT2D eigenvalue weighted by Gasteiger charge is 2.43. The first kappa shape index (κ1) is 16.6. The Hall–Kier alpha value is -3.21. The minimum absolute atomic E-state index is 0.300. The Morgan fingerprint density at radius 3 is 2.00 bits per heavy atom. The molecule has 1 heterocycles. The Kier molecular flexibility index (Phi) is 4.48. The van der Waals surface area contributed by atoms with Crippen LogP contribution in [0.2, 0.25) is 0 Å². The molecule has 0 aromatic heterocycles. The van der Waals surface area contributed by atoms with E-state index in [1.54, 1.807) is 37.3 Å². The highest BCUT2D eigenvalue weighted by Crippen LogP contribution is 2.28. The first-order chi connectivity index (χ1) is 12.0. The third-order valence-corrected chi connectivity index (χ3v) is 4.13. The van der Waals surface area contributed by atoms with Gasteiger partial charge in [-0.1, -0.05) is 48.5 Å². The Morgan fingerprint density at radius 2 is 1.48 bits per heavy atom. The fourth-order valence-corrected chi connectivity index (χ4v) is 2.94. The van der Waals surface area contributed by atoms with Gasteiger partial charge in [0.1, 0.15) is 0 Å². The summed E-state index contributed by atoms with van der Waals surface area (Å²) in [4.78, 5) is 38.7. The molecule has 0 saturated heterocycles. The van der Waals surface area contributed by atoms with Gasteiger partial charge in [0, 0.05) is 0 Å². The summed E-state index contributed by atoms with van der Waals surface area (Å²) in [5, 5.41) is 0. The molecule has 2 aromatic rings. The van der Waals surface area contributed by atoms with Crippen molar-refractivity contribution in [2.24, 2.45) is 0 Å². The second-order valence-electron chi connectivity index (χ2n) is 5.75. The van der Waals surface area contributed by atoms with Crippen molar-refractivity contribution in [3.05, 3.63) is 76.9 Å². The van der Waals surface area contributed by atoms with Gasteiger partial charge in [0.15, 0.2) is 6.04 Å². The lowest BCUT2D eigenvalue weighted by Gasteiger charge is -2.24. The van der Waals surface area contributed by atoms with Crippen LogP contribution in [-0.4, -0.2) is 35.8 Å². The Balaban J connectivity index is 2.03. The van der Waals surface area contributed by atoms with Gasteiger partial charge in [0.05, 0.1) is 18.2 Å². The molecule has 126 valence electrons. The first-order valence-corrected chi connectivity index (χ1v) is 7.82. The number of amides is 2. The van der Waals surface area contributed by atoms with Crippen molar-refractivity contribution in [2.75, 3.05) is 7.11 Å². The van der Waals surface area contributed by atoms with Crippen molar-refractivity contribution in [1.29, 1.82) is 0 Å². The van der Waals surface area contributed by atoms with Crippen molar-refractivity contribution < 1.29 is 19.1 Å². The van der Waals surface area contributed by atoms with Crippen LogP contribution in [-0.2, 0) is 9.53 Å². The van der Waals surface area contributed by atoms with Gasteiger partial charge in [0.2, 0.25) is 0 Å². The largest absolute Gasteiger partial charge is 0.467 e. The predicted molar refractivity (Wildman–Crippen MR) is 92.8 cm³/mol. The van der Waals surface area contributed by atoms with Crippen LogP contribution in [0.15, 0.2) is 60.2 Å². The molecule has 0 fully saturated rings. The minimum atomic E-state index is -1.10.